The molecule has 0 radical (unpaired) electrons. The Balaban J connectivity index is 1.72. The van der Waals surface area contributed by atoms with Gasteiger partial charge in [0.1, 0.15) is 11.4 Å². The Labute approximate surface area is 162 Å². The third kappa shape index (κ3) is 4.36. The number of benzene rings is 2. The molecule has 0 unspecified atom stereocenters. The van der Waals surface area contributed by atoms with Gasteiger partial charge in [-0.3, -0.25) is 0 Å². The van der Waals surface area contributed by atoms with E-state index in [2.05, 4.69) is 87.7 Å². The first kappa shape index (κ1) is 18.7. The second-order valence-corrected chi connectivity index (χ2v) is 8.44. The molecule has 0 bridgehead atoms. The SMILES string of the molecule is Cc1ccc2c(c1)OC(C)(C)C[C@H]2NC(=S)Nc1ccc(C(C)C)cc1. The van der Waals surface area contributed by atoms with Crippen molar-refractivity contribution in [1.82, 2.24) is 5.32 Å². The van der Waals surface area contributed by atoms with Crippen molar-refractivity contribution in [3.8, 4) is 5.75 Å². The number of fused-ring (bicyclic) bond motifs is 1. The third-order valence-corrected chi connectivity index (χ3v) is 4.99. The summed E-state index contributed by atoms with van der Waals surface area (Å²) < 4.78 is 6.16. The number of anilines is 1. The number of ether oxygens (including phenoxy) is 1. The minimum absolute atomic E-state index is 0.129. The molecule has 2 N–H and O–H groups in total. The molecule has 0 saturated heterocycles. The molecule has 26 heavy (non-hydrogen) atoms. The molecule has 0 saturated carbocycles. The van der Waals surface area contributed by atoms with E-state index in [1.54, 1.807) is 0 Å². The Bertz CT molecular complexity index is 796. The lowest BCUT2D eigenvalue weighted by molar-refractivity contribution is 0.0696. The molecule has 1 aliphatic heterocycles. The summed E-state index contributed by atoms with van der Waals surface area (Å²) in [4.78, 5) is 0. The molecule has 3 rings (SSSR count). The van der Waals surface area contributed by atoms with E-state index in [1.165, 1.54) is 11.1 Å². The Morgan fingerprint density at radius 3 is 2.50 bits per heavy atom. The van der Waals surface area contributed by atoms with Crippen LogP contribution < -0.4 is 15.4 Å². The van der Waals surface area contributed by atoms with Crippen LogP contribution in [0.4, 0.5) is 5.69 Å². The van der Waals surface area contributed by atoms with E-state index in [0.29, 0.717) is 11.0 Å². The zero-order valence-corrected chi connectivity index (χ0v) is 17.0. The van der Waals surface area contributed by atoms with Crippen molar-refractivity contribution in [2.75, 3.05) is 5.32 Å². The van der Waals surface area contributed by atoms with Gasteiger partial charge in [0.15, 0.2) is 5.11 Å². The zero-order valence-electron chi connectivity index (χ0n) is 16.2. The van der Waals surface area contributed by atoms with Crippen molar-refractivity contribution in [3.05, 3.63) is 59.2 Å². The lowest BCUT2D eigenvalue weighted by Gasteiger charge is -2.38. The summed E-state index contributed by atoms with van der Waals surface area (Å²) in [6, 6.07) is 14.9. The van der Waals surface area contributed by atoms with Crippen LogP contribution in [0.15, 0.2) is 42.5 Å². The molecule has 0 amide bonds. The molecule has 1 atom stereocenters. The van der Waals surface area contributed by atoms with E-state index in [4.69, 9.17) is 17.0 Å². The van der Waals surface area contributed by atoms with Crippen LogP contribution >= 0.6 is 12.2 Å². The molecule has 138 valence electrons. The number of nitrogens with one attached hydrogen (secondary N) is 2. The summed E-state index contributed by atoms with van der Waals surface area (Å²) in [6.45, 7) is 10.7. The van der Waals surface area contributed by atoms with Gasteiger partial charge in [-0.25, -0.2) is 0 Å². The van der Waals surface area contributed by atoms with Crippen molar-refractivity contribution in [3.63, 3.8) is 0 Å². The summed E-state index contributed by atoms with van der Waals surface area (Å²) in [7, 11) is 0. The van der Waals surface area contributed by atoms with Gasteiger partial charge in [0.2, 0.25) is 0 Å². The predicted molar refractivity (Wildman–Crippen MR) is 113 cm³/mol. The maximum Gasteiger partial charge on any atom is 0.171 e. The Morgan fingerprint density at radius 1 is 1.15 bits per heavy atom. The van der Waals surface area contributed by atoms with Gasteiger partial charge >= 0.3 is 0 Å². The predicted octanol–water partition coefficient (Wildman–Crippen LogP) is 5.71. The first-order valence-electron chi connectivity index (χ1n) is 9.20. The van der Waals surface area contributed by atoms with Crippen LogP contribution in [0.25, 0.3) is 0 Å². The highest BCUT2D eigenvalue weighted by atomic mass is 32.1. The fourth-order valence-corrected chi connectivity index (χ4v) is 3.62. The van der Waals surface area contributed by atoms with E-state index in [9.17, 15) is 0 Å². The van der Waals surface area contributed by atoms with Crippen LogP contribution in [0.5, 0.6) is 5.75 Å². The minimum atomic E-state index is -0.229. The van der Waals surface area contributed by atoms with E-state index in [-0.39, 0.29) is 11.6 Å². The second-order valence-electron chi connectivity index (χ2n) is 8.03. The van der Waals surface area contributed by atoms with Gasteiger partial charge in [-0.2, -0.15) is 0 Å². The van der Waals surface area contributed by atoms with Gasteiger partial charge in [0, 0.05) is 17.7 Å². The maximum atomic E-state index is 6.16. The smallest absolute Gasteiger partial charge is 0.171 e. The van der Waals surface area contributed by atoms with Gasteiger partial charge in [-0.1, -0.05) is 38.1 Å². The Kier molecular flexibility index (Phi) is 5.24. The average Bonchev–Trinajstić information content (AvgIpc) is 2.53. The summed E-state index contributed by atoms with van der Waals surface area (Å²) >= 11 is 5.57. The molecule has 2 aromatic carbocycles. The van der Waals surface area contributed by atoms with Gasteiger partial charge < -0.3 is 15.4 Å². The van der Waals surface area contributed by atoms with Crippen LogP contribution in [-0.4, -0.2) is 10.7 Å². The van der Waals surface area contributed by atoms with Crippen LogP contribution in [-0.2, 0) is 0 Å². The monoisotopic (exact) mass is 368 g/mol. The number of rotatable bonds is 3. The van der Waals surface area contributed by atoms with Gasteiger partial charge in [-0.05, 0) is 68.2 Å². The van der Waals surface area contributed by atoms with E-state index >= 15 is 0 Å². The highest BCUT2D eigenvalue weighted by Crippen LogP contribution is 2.39. The highest BCUT2D eigenvalue weighted by molar-refractivity contribution is 7.80. The zero-order chi connectivity index (χ0) is 18.9. The maximum absolute atomic E-state index is 6.16. The Morgan fingerprint density at radius 2 is 1.85 bits per heavy atom. The number of hydrogen-bond acceptors (Lipinski definition) is 2. The lowest BCUT2D eigenvalue weighted by atomic mass is 9.89. The molecule has 1 aliphatic rings. The number of aryl methyl sites for hydroxylation is 1. The van der Waals surface area contributed by atoms with Crippen molar-refractivity contribution in [2.24, 2.45) is 0 Å². The van der Waals surface area contributed by atoms with Crippen LogP contribution in [0.3, 0.4) is 0 Å². The normalized spacial score (nSPS) is 18.0. The third-order valence-electron chi connectivity index (χ3n) is 4.77. The van der Waals surface area contributed by atoms with Gasteiger partial charge in [0.25, 0.3) is 0 Å². The fraction of sp³-hybridized carbons (Fsp3) is 0.409. The summed E-state index contributed by atoms with van der Waals surface area (Å²) in [6.07, 6.45) is 0.858. The first-order valence-corrected chi connectivity index (χ1v) is 9.61. The largest absolute Gasteiger partial charge is 0.487 e. The molecule has 2 aromatic rings. The first-order chi connectivity index (χ1) is 12.2. The van der Waals surface area contributed by atoms with Crippen LogP contribution in [0.2, 0.25) is 0 Å². The molecule has 0 fully saturated rings. The van der Waals surface area contributed by atoms with Crippen molar-refractivity contribution >= 4 is 23.0 Å². The molecule has 1 heterocycles. The van der Waals surface area contributed by atoms with Gasteiger partial charge in [-0.15, -0.1) is 0 Å². The van der Waals surface area contributed by atoms with E-state index in [0.717, 1.165) is 23.4 Å². The molecule has 0 aliphatic carbocycles. The molecular formula is C22H28N2OS. The summed E-state index contributed by atoms with van der Waals surface area (Å²) in [5.41, 5.74) is 4.46. The molecule has 4 heteroatoms. The van der Waals surface area contributed by atoms with E-state index < -0.39 is 0 Å². The molecule has 0 aromatic heterocycles. The molecule has 3 nitrogen and oxygen atoms in total. The van der Waals surface area contributed by atoms with E-state index in [1.807, 2.05) is 0 Å². The highest BCUT2D eigenvalue weighted by Gasteiger charge is 2.34. The van der Waals surface area contributed by atoms with Crippen LogP contribution in [0, 0.1) is 6.92 Å². The fourth-order valence-electron chi connectivity index (χ4n) is 3.36. The van der Waals surface area contributed by atoms with Crippen molar-refractivity contribution in [1.29, 1.82) is 0 Å². The standard InChI is InChI=1S/C22H28N2OS/c1-14(2)16-7-9-17(10-8-16)23-21(26)24-19-13-22(4,5)25-20-12-15(3)6-11-18(19)20/h6-12,14,19H,13H2,1-5H3,(H2,23,24,26)/t19-/m1/s1. The lowest BCUT2D eigenvalue weighted by Crippen LogP contribution is -2.42. The number of hydrogen-bond donors (Lipinski definition) is 2. The topological polar surface area (TPSA) is 33.3 Å². The summed E-state index contributed by atoms with van der Waals surface area (Å²) in [5, 5.41) is 7.42. The van der Waals surface area contributed by atoms with Gasteiger partial charge in [0.05, 0.1) is 6.04 Å². The van der Waals surface area contributed by atoms with Crippen molar-refractivity contribution < 1.29 is 4.74 Å². The van der Waals surface area contributed by atoms with Crippen molar-refractivity contribution in [2.45, 2.75) is 58.6 Å². The second kappa shape index (κ2) is 7.28. The average molecular weight is 369 g/mol. The minimum Gasteiger partial charge on any atom is -0.487 e. The van der Waals surface area contributed by atoms with Crippen LogP contribution in [0.1, 0.15) is 62.8 Å². The summed E-state index contributed by atoms with van der Waals surface area (Å²) in [5.74, 6) is 1.47. The Hall–Kier alpha value is -2.07. The molecule has 0 spiro atoms. The number of thiocarbonyl (C=S) groups is 1. The molecular weight excluding hydrogens is 340 g/mol. The quantitative estimate of drug-likeness (QED) is 0.680.